The first kappa shape index (κ1) is 12.3. The van der Waals surface area contributed by atoms with Crippen LogP contribution in [0.3, 0.4) is 0 Å². The average molecular weight is 266 g/mol. The SMILES string of the molecule is O=C(Nc1ccc(N=Nc2ccccc2)cc1)N1CC1. The molecule has 20 heavy (non-hydrogen) atoms. The number of hydrogen-bond donors (Lipinski definition) is 1. The van der Waals surface area contributed by atoms with Gasteiger partial charge in [-0.1, -0.05) is 18.2 Å². The molecule has 100 valence electrons. The first-order valence-corrected chi connectivity index (χ1v) is 6.44. The smallest absolute Gasteiger partial charge is 0.321 e. The normalized spacial score (nSPS) is 13.5. The van der Waals surface area contributed by atoms with E-state index in [4.69, 9.17) is 0 Å². The second kappa shape index (κ2) is 5.52. The van der Waals surface area contributed by atoms with Crippen molar-refractivity contribution < 1.29 is 4.79 Å². The molecular weight excluding hydrogens is 252 g/mol. The van der Waals surface area contributed by atoms with E-state index in [1.165, 1.54) is 0 Å². The molecule has 1 aliphatic rings. The van der Waals surface area contributed by atoms with E-state index < -0.39 is 0 Å². The van der Waals surface area contributed by atoms with Gasteiger partial charge in [0, 0.05) is 18.8 Å². The summed E-state index contributed by atoms with van der Waals surface area (Å²) in [5.74, 6) is 0. The number of benzene rings is 2. The lowest BCUT2D eigenvalue weighted by Gasteiger charge is -2.05. The molecule has 0 aromatic heterocycles. The third-order valence-corrected chi connectivity index (χ3v) is 2.89. The highest BCUT2D eigenvalue weighted by atomic mass is 16.2. The molecule has 5 heteroatoms. The minimum atomic E-state index is -0.0522. The fourth-order valence-corrected chi connectivity index (χ4v) is 1.68. The van der Waals surface area contributed by atoms with E-state index in [1.54, 1.807) is 4.90 Å². The van der Waals surface area contributed by atoms with Crippen LogP contribution < -0.4 is 5.32 Å². The third-order valence-electron chi connectivity index (χ3n) is 2.89. The summed E-state index contributed by atoms with van der Waals surface area (Å²) >= 11 is 0. The van der Waals surface area contributed by atoms with Crippen LogP contribution in [-0.4, -0.2) is 24.0 Å². The molecule has 0 spiro atoms. The number of nitrogens with zero attached hydrogens (tertiary/aromatic N) is 3. The van der Waals surface area contributed by atoms with Crippen molar-refractivity contribution in [2.75, 3.05) is 18.4 Å². The monoisotopic (exact) mass is 266 g/mol. The highest BCUT2D eigenvalue weighted by Crippen LogP contribution is 2.20. The fraction of sp³-hybridized carbons (Fsp3) is 0.133. The lowest BCUT2D eigenvalue weighted by atomic mass is 10.3. The maximum absolute atomic E-state index is 11.5. The quantitative estimate of drug-likeness (QED) is 0.663. The Hall–Kier alpha value is -2.69. The maximum Gasteiger partial charge on any atom is 0.321 e. The van der Waals surface area contributed by atoms with Crippen molar-refractivity contribution in [2.45, 2.75) is 0 Å². The second-order valence-corrected chi connectivity index (χ2v) is 4.50. The molecule has 5 nitrogen and oxygen atoms in total. The minimum absolute atomic E-state index is 0.0522. The van der Waals surface area contributed by atoms with Crippen LogP contribution >= 0.6 is 0 Å². The number of anilines is 1. The fourth-order valence-electron chi connectivity index (χ4n) is 1.68. The highest BCUT2D eigenvalue weighted by molar-refractivity contribution is 5.90. The zero-order valence-electron chi connectivity index (χ0n) is 10.9. The van der Waals surface area contributed by atoms with Gasteiger partial charge in [-0.3, -0.25) is 0 Å². The maximum atomic E-state index is 11.5. The Kier molecular flexibility index (Phi) is 3.41. The molecule has 1 saturated heterocycles. The standard InChI is InChI=1S/C15H14N4O/c20-15(19-10-11-19)16-12-6-8-14(9-7-12)18-17-13-4-2-1-3-5-13/h1-9H,10-11H2,(H,16,20). The number of hydrogen-bond acceptors (Lipinski definition) is 3. The number of rotatable bonds is 3. The van der Waals surface area contributed by atoms with Crippen LogP contribution in [0.1, 0.15) is 0 Å². The Bertz CT molecular complexity index is 618. The van der Waals surface area contributed by atoms with E-state index in [0.29, 0.717) is 0 Å². The van der Waals surface area contributed by atoms with Gasteiger partial charge in [-0.05, 0) is 36.4 Å². The topological polar surface area (TPSA) is 56.8 Å². The van der Waals surface area contributed by atoms with Gasteiger partial charge in [0.25, 0.3) is 0 Å². The molecular formula is C15H14N4O. The molecule has 1 aliphatic heterocycles. The Balaban J connectivity index is 1.63. The van der Waals surface area contributed by atoms with E-state index in [9.17, 15) is 4.79 Å². The molecule has 0 bridgehead atoms. The van der Waals surface area contributed by atoms with Gasteiger partial charge in [0.2, 0.25) is 0 Å². The van der Waals surface area contributed by atoms with Crippen molar-refractivity contribution in [3.63, 3.8) is 0 Å². The Labute approximate surface area is 116 Å². The lowest BCUT2D eigenvalue weighted by molar-refractivity contribution is 0.242. The summed E-state index contributed by atoms with van der Waals surface area (Å²) < 4.78 is 0. The number of amides is 2. The summed E-state index contributed by atoms with van der Waals surface area (Å²) in [6.07, 6.45) is 0. The van der Waals surface area contributed by atoms with Gasteiger partial charge >= 0.3 is 6.03 Å². The predicted octanol–water partition coefficient (Wildman–Crippen LogP) is 3.95. The van der Waals surface area contributed by atoms with E-state index in [2.05, 4.69) is 15.5 Å². The molecule has 1 N–H and O–H groups in total. The first-order chi connectivity index (χ1) is 9.81. The number of azo groups is 1. The summed E-state index contributed by atoms with van der Waals surface area (Å²) in [6.45, 7) is 1.68. The van der Waals surface area contributed by atoms with Crippen LogP contribution in [0.4, 0.5) is 21.9 Å². The average Bonchev–Trinajstić information content (AvgIpc) is 3.32. The number of nitrogens with one attached hydrogen (secondary N) is 1. The second-order valence-electron chi connectivity index (χ2n) is 4.50. The van der Waals surface area contributed by atoms with Gasteiger partial charge in [0.15, 0.2) is 0 Å². The molecule has 1 heterocycles. The molecule has 0 atom stereocenters. The first-order valence-electron chi connectivity index (χ1n) is 6.44. The van der Waals surface area contributed by atoms with E-state index in [-0.39, 0.29) is 6.03 Å². The summed E-state index contributed by atoms with van der Waals surface area (Å²) in [5.41, 5.74) is 2.32. The van der Waals surface area contributed by atoms with Gasteiger partial charge in [-0.2, -0.15) is 10.2 Å². The summed E-state index contributed by atoms with van der Waals surface area (Å²) in [7, 11) is 0. The van der Waals surface area contributed by atoms with Crippen LogP contribution in [0.15, 0.2) is 64.8 Å². The molecule has 2 aromatic carbocycles. The number of carbonyl (C=O) groups excluding carboxylic acids is 1. The van der Waals surface area contributed by atoms with E-state index in [0.717, 1.165) is 30.2 Å². The van der Waals surface area contributed by atoms with Crippen molar-refractivity contribution >= 4 is 23.1 Å². The summed E-state index contributed by atoms with van der Waals surface area (Å²) in [5, 5.41) is 11.1. The van der Waals surface area contributed by atoms with Crippen LogP contribution in [0.5, 0.6) is 0 Å². The molecule has 0 saturated carbocycles. The van der Waals surface area contributed by atoms with Crippen LogP contribution in [0.2, 0.25) is 0 Å². The van der Waals surface area contributed by atoms with Crippen LogP contribution in [-0.2, 0) is 0 Å². The van der Waals surface area contributed by atoms with Crippen molar-refractivity contribution in [3.05, 3.63) is 54.6 Å². The minimum Gasteiger partial charge on any atom is -0.321 e. The Morgan fingerprint density at radius 2 is 1.50 bits per heavy atom. The predicted molar refractivity (Wildman–Crippen MR) is 77.7 cm³/mol. The van der Waals surface area contributed by atoms with Crippen LogP contribution in [0.25, 0.3) is 0 Å². The number of carbonyl (C=O) groups is 1. The number of urea groups is 1. The van der Waals surface area contributed by atoms with Crippen LogP contribution in [0, 0.1) is 0 Å². The van der Waals surface area contributed by atoms with Gasteiger partial charge in [-0.15, -0.1) is 0 Å². The Morgan fingerprint density at radius 3 is 2.10 bits per heavy atom. The largest absolute Gasteiger partial charge is 0.321 e. The van der Waals surface area contributed by atoms with Crippen molar-refractivity contribution in [3.8, 4) is 0 Å². The van der Waals surface area contributed by atoms with Gasteiger partial charge in [-0.25, -0.2) is 4.79 Å². The Morgan fingerprint density at radius 1 is 0.900 bits per heavy atom. The van der Waals surface area contributed by atoms with Gasteiger partial charge in [0.1, 0.15) is 0 Å². The molecule has 0 aliphatic carbocycles. The van der Waals surface area contributed by atoms with Crippen molar-refractivity contribution in [2.24, 2.45) is 10.2 Å². The summed E-state index contributed by atoms with van der Waals surface area (Å²) in [4.78, 5) is 13.3. The molecule has 0 unspecified atom stereocenters. The van der Waals surface area contributed by atoms with E-state index >= 15 is 0 Å². The zero-order chi connectivity index (χ0) is 13.8. The van der Waals surface area contributed by atoms with Crippen molar-refractivity contribution in [1.29, 1.82) is 0 Å². The van der Waals surface area contributed by atoms with Gasteiger partial charge < -0.3 is 10.2 Å². The molecule has 2 amide bonds. The molecule has 3 rings (SSSR count). The van der Waals surface area contributed by atoms with Gasteiger partial charge in [0.05, 0.1) is 11.4 Å². The molecule has 1 fully saturated rings. The highest BCUT2D eigenvalue weighted by Gasteiger charge is 2.23. The summed E-state index contributed by atoms with van der Waals surface area (Å²) in [6, 6.07) is 16.8. The van der Waals surface area contributed by atoms with Crippen molar-refractivity contribution in [1.82, 2.24) is 4.90 Å². The zero-order valence-corrected chi connectivity index (χ0v) is 10.9. The third kappa shape index (κ3) is 3.20. The molecule has 0 radical (unpaired) electrons. The molecule has 2 aromatic rings. The lowest BCUT2D eigenvalue weighted by Crippen LogP contribution is -2.18. The van der Waals surface area contributed by atoms with E-state index in [1.807, 2.05) is 54.6 Å².